The van der Waals surface area contributed by atoms with Crippen molar-refractivity contribution in [3.8, 4) is 0 Å². The Hall–Kier alpha value is -4.95. The molecule has 5 aromatic heterocycles. The summed E-state index contributed by atoms with van der Waals surface area (Å²) in [6, 6.07) is 32.0. The summed E-state index contributed by atoms with van der Waals surface area (Å²) >= 11 is 2.70. The number of carbonyl (C=O) groups excluding carboxylic acids is 1. The number of carbonyl (C=O) groups is 1. The predicted octanol–water partition coefficient (Wildman–Crippen LogP) is 4.72. The number of aromatic nitrogens is 5. The van der Waals surface area contributed by atoms with Gasteiger partial charge in [0.15, 0.2) is 4.34 Å². The number of pyridine rings is 4. The molecule has 0 radical (unpaired) electrons. The smallest absolute Gasteiger partial charge is 0.549 e. The molecule has 0 atom stereocenters. The Balaban J connectivity index is 0.000000235. The zero-order valence-corrected chi connectivity index (χ0v) is 31.2. The molecule has 0 saturated heterocycles. The summed E-state index contributed by atoms with van der Waals surface area (Å²) < 4.78 is 1.85. The molecule has 8 aromatic rings. The van der Waals surface area contributed by atoms with Gasteiger partial charge in [-0.2, -0.15) is 0 Å². The minimum absolute atomic E-state index is 0. The van der Waals surface area contributed by atoms with Crippen LogP contribution in [0.3, 0.4) is 0 Å². The van der Waals surface area contributed by atoms with Crippen LogP contribution in [0.25, 0.3) is 53.8 Å². The molecule has 0 aliphatic heterocycles. The van der Waals surface area contributed by atoms with E-state index in [1.165, 1.54) is 23.1 Å². The van der Waals surface area contributed by atoms with Crippen molar-refractivity contribution in [2.45, 2.75) is 4.34 Å². The van der Waals surface area contributed by atoms with Crippen molar-refractivity contribution in [3.05, 3.63) is 137 Å². The summed E-state index contributed by atoms with van der Waals surface area (Å²) in [5, 5.41) is 29.5. The van der Waals surface area contributed by atoms with Gasteiger partial charge in [0.1, 0.15) is 0 Å². The molecule has 5 N–H and O–H groups in total. The molecule has 49 heavy (non-hydrogen) atoms. The Morgan fingerprint density at radius 3 is 1.37 bits per heavy atom. The van der Waals surface area contributed by atoms with Crippen molar-refractivity contribution in [1.82, 2.24) is 24.9 Å². The van der Waals surface area contributed by atoms with Crippen LogP contribution in [-0.4, -0.2) is 47.2 Å². The topological polar surface area (TPSA) is 235 Å². The van der Waals surface area contributed by atoms with Crippen LogP contribution in [0.4, 0.5) is 0 Å². The van der Waals surface area contributed by atoms with E-state index in [2.05, 4.69) is 73.5 Å². The van der Waals surface area contributed by atoms with Gasteiger partial charge in [0, 0.05) is 52.1 Å². The van der Waals surface area contributed by atoms with Crippen LogP contribution in [-0.2, 0) is 37.6 Å². The number of carboxylic acids is 1. The van der Waals surface area contributed by atoms with E-state index >= 15 is 0 Å². The van der Waals surface area contributed by atoms with Gasteiger partial charge in [-0.15, -0.1) is 11.3 Å². The van der Waals surface area contributed by atoms with Crippen LogP contribution >= 0.6 is 23.1 Å². The minimum Gasteiger partial charge on any atom is -0.549 e. The number of nitrogens with zero attached hydrogens (tertiary/aromatic N) is 6. The van der Waals surface area contributed by atoms with Gasteiger partial charge >= 0.3 is 27.3 Å². The first kappa shape index (κ1) is 40.2. The molecule has 13 nitrogen and oxygen atoms in total. The Kier molecular flexibility index (Phi) is 16.2. The molecule has 0 spiro atoms. The van der Waals surface area contributed by atoms with Crippen molar-refractivity contribution >= 4 is 82.9 Å². The summed E-state index contributed by atoms with van der Waals surface area (Å²) in [6.45, 7) is 0. The van der Waals surface area contributed by atoms with Crippen molar-refractivity contribution < 1.29 is 53.2 Å². The maximum absolute atomic E-state index is 10.2. The fraction of sp³-hybridized carbons (Fsp3) is 0.0303. The van der Waals surface area contributed by atoms with E-state index in [1.54, 1.807) is 24.8 Å². The number of benzene rings is 3. The zero-order chi connectivity index (χ0) is 32.3. The number of thiazole rings is 1. The van der Waals surface area contributed by atoms with Crippen LogP contribution < -0.4 is 5.11 Å². The molecule has 0 aliphatic rings. The van der Waals surface area contributed by atoms with Gasteiger partial charge in [-0.3, -0.25) is 19.9 Å². The molecule has 8 rings (SSSR count). The third kappa shape index (κ3) is 11.0. The molecule has 0 aliphatic carbocycles. The molecular formula is C33H27CdN6O7S2+. The largest absolute Gasteiger partial charge is 2.00 e. The first-order valence-electron chi connectivity index (χ1n) is 13.6. The minimum atomic E-state index is -1.75. The first-order chi connectivity index (χ1) is 22.4. The fourth-order valence-corrected chi connectivity index (χ4v) is 6.18. The summed E-state index contributed by atoms with van der Waals surface area (Å²) in [7, 11) is 0. The van der Waals surface area contributed by atoms with E-state index in [9.17, 15) is 9.90 Å². The maximum atomic E-state index is 10.2. The van der Waals surface area contributed by atoms with Crippen molar-refractivity contribution in [1.29, 1.82) is 0 Å². The fourth-order valence-electron chi connectivity index (χ4n) is 4.39. The Labute approximate surface area is 306 Å². The summed E-state index contributed by atoms with van der Waals surface area (Å²) in [5.41, 5.74) is 4.82. The van der Waals surface area contributed by atoms with E-state index in [4.69, 9.17) is 15.3 Å². The van der Waals surface area contributed by atoms with E-state index in [0.717, 1.165) is 58.2 Å². The molecule has 244 valence electrons. The number of hydrogen-bond donors (Lipinski definition) is 0. The quantitative estimate of drug-likeness (QED) is 0.0593. The molecule has 3 aromatic carbocycles. The van der Waals surface area contributed by atoms with Crippen LogP contribution in [0.1, 0.15) is 0 Å². The molecule has 0 unspecified atom stereocenters. The molecule has 0 amide bonds. The van der Waals surface area contributed by atoms with Crippen LogP contribution in [0.15, 0.2) is 126 Å². The Bertz CT molecular complexity index is 2040. The van der Waals surface area contributed by atoms with Gasteiger partial charge in [0.05, 0.1) is 43.3 Å². The van der Waals surface area contributed by atoms with Gasteiger partial charge in [-0.05, 0) is 36.4 Å². The molecule has 0 saturated carbocycles. The van der Waals surface area contributed by atoms with Crippen molar-refractivity contribution in [2.75, 3.05) is 5.75 Å². The van der Waals surface area contributed by atoms with Gasteiger partial charge in [0.2, 0.25) is 0 Å². The van der Waals surface area contributed by atoms with E-state index in [0.29, 0.717) is 0 Å². The summed E-state index contributed by atoms with van der Waals surface area (Å²) in [4.78, 5) is 40.1. The number of thioether (sulfide) groups is 1. The average molecular weight is 796 g/mol. The standard InChI is InChI=1S/2C12H8N2.C9H7NO2S2.Cd.NO3.2H2O/c2*1-3-9-5-6-10-4-2-8-14-12(10)11(9)13-7-1;11-8(12)5-13-9-10-6-3-1-2-4-7(6)14-9;;2-1(3)4;;/h2*1-8H;1-4H,5H2,(H,11,12);;;2*1H2/q;;;+2;-1;;. The van der Waals surface area contributed by atoms with Gasteiger partial charge < -0.3 is 36.2 Å². The average Bonchev–Trinajstić information content (AvgIpc) is 3.51. The number of carboxylic acid groups (broad SMARTS) is 1. The summed E-state index contributed by atoms with van der Waals surface area (Å²) in [5.74, 6) is -1.10. The second kappa shape index (κ2) is 19.8. The number of para-hydroxylation sites is 1. The molecule has 0 bridgehead atoms. The number of rotatable bonds is 3. The normalized spacial score (nSPS) is 9.71. The third-order valence-electron chi connectivity index (χ3n) is 6.28. The molecule has 5 heterocycles. The summed E-state index contributed by atoms with van der Waals surface area (Å²) in [6.07, 6.45) is 7.21. The van der Waals surface area contributed by atoms with Gasteiger partial charge in [-0.1, -0.05) is 72.4 Å². The van der Waals surface area contributed by atoms with Crippen molar-refractivity contribution in [2.24, 2.45) is 0 Å². The molecular weight excluding hydrogens is 769 g/mol. The van der Waals surface area contributed by atoms with E-state index in [1.807, 2.05) is 48.5 Å². The van der Waals surface area contributed by atoms with Crippen LogP contribution in [0.5, 0.6) is 0 Å². The molecule has 16 heteroatoms. The maximum Gasteiger partial charge on any atom is 2.00 e. The number of aliphatic carboxylic acids is 1. The Morgan fingerprint density at radius 1 is 0.653 bits per heavy atom. The first-order valence-corrected chi connectivity index (χ1v) is 15.4. The monoisotopic (exact) mass is 797 g/mol. The van der Waals surface area contributed by atoms with E-state index in [-0.39, 0.29) is 44.0 Å². The van der Waals surface area contributed by atoms with Crippen molar-refractivity contribution in [3.63, 3.8) is 0 Å². The van der Waals surface area contributed by atoms with Crippen LogP contribution in [0, 0.1) is 15.3 Å². The zero-order valence-electron chi connectivity index (χ0n) is 25.6. The SMILES string of the molecule is O.O=C([O-])CSc1nc2ccccc2s1.O=[N+]([O-])[O-].[Cd+2].[OH3+].c1cnc2c(c1)ccc1cccnc12.c1cnc2c(c1)ccc1cccnc12. The molecule has 0 fully saturated rings. The van der Waals surface area contributed by atoms with Gasteiger partial charge in [-0.25, -0.2) is 4.98 Å². The predicted molar refractivity (Wildman–Crippen MR) is 188 cm³/mol. The number of hydrogen-bond acceptors (Lipinski definition) is 12. The van der Waals surface area contributed by atoms with E-state index < -0.39 is 11.1 Å². The third-order valence-corrected chi connectivity index (χ3v) is 8.43. The Morgan fingerprint density at radius 2 is 1.02 bits per heavy atom. The van der Waals surface area contributed by atoms with Gasteiger partial charge in [0.25, 0.3) is 0 Å². The second-order valence-electron chi connectivity index (χ2n) is 9.26. The second-order valence-corrected chi connectivity index (χ2v) is 11.5. The number of fused-ring (bicyclic) bond motifs is 7. The van der Waals surface area contributed by atoms with Crippen LogP contribution in [0.2, 0.25) is 0 Å².